The fourth-order valence-electron chi connectivity index (χ4n) is 2.16. The second-order valence-electron chi connectivity index (χ2n) is 5.25. The van der Waals surface area contributed by atoms with Crippen molar-refractivity contribution < 1.29 is 4.79 Å². The van der Waals surface area contributed by atoms with Crippen molar-refractivity contribution in [1.82, 2.24) is 20.1 Å². The maximum atomic E-state index is 12.0. The lowest BCUT2D eigenvalue weighted by Crippen LogP contribution is -2.35. The van der Waals surface area contributed by atoms with Crippen molar-refractivity contribution in [1.29, 1.82) is 0 Å². The molecule has 0 saturated heterocycles. The van der Waals surface area contributed by atoms with Crippen LogP contribution in [0.2, 0.25) is 0 Å². The summed E-state index contributed by atoms with van der Waals surface area (Å²) in [5.41, 5.74) is 0. The van der Waals surface area contributed by atoms with E-state index in [4.69, 9.17) is 12.2 Å². The van der Waals surface area contributed by atoms with E-state index in [1.807, 2.05) is 0 Å². The van der Waals surface area contributed by atoms with Gasteiger partial charge in [0, 0.05) is 12.5 Å². The molecule has 6 heteroatoms. The van der Waals surface area contributed by atoms with Crippen LogP contribution >= 0.6 is 12.2 Å². The number of hydrogen-bond donors (Lipinski definition) is 2. The minimum absolute atomic E-state index is 0.00357. The summed E-state index contributed by atoms with van der Waals surface area (Å²) >= 11 is 5.17. The van der Waals surface area contributed by atoms with E-state index >= 15 is 0 Å². The smallest absolute Gasteiger partial charge is 0.240 e. The summed E-state index contributed by atoms with van der Waals surface area (Å²) in [6, 6.07) is 0.213. The third-order valence-corrected chi connectivity index (χ3v) is 3.57. The van der Waals surface area contributed by atoms with E-state index in [-0.39, 0.29) is 18.5 Å². The van der Waals surface area contributed by atoms with E-state index in [1.165, 1.54) is 12.8 Å². The molecule has 1 unspecified atom stereocenters. The zero-order valence-corrected chi connectivity index (χ0v) is 13.6. The molecule has 0 bridgehead atoms. The van der Waals surface area contributed by atoms with Gasteiger partial charge >= 0.3 is 0 Å². The van der Waals surface area contributed by atoms with Crippen molar-refractivity contribution in [3.63, 3.8) is 0 Å². The lowest BCUT2D eigenvalue weighted by molar-refractivity contribution is -0.122. The van der Waals surface area contributed by atoms with Crippen molar-refractivity contribution in [2.24, 2.45) is 0 Å². The average Bonchev–Trinajstić information content (AvgIpc) is 2.72. The summed E-state index contributed by atoms with van der Waals surface area (Å²) < 4.78 is 2.30. The molecule has 1 heterocycles. The molecule has 5 nitrogen and oxygen atoms in total. The van der Waals surface area contributed by atoms with Gasteiger partial charge in [-0.2, -0.15) is 5.10 Å². The summed E-state index contributed by atoms with van der Waals surface area (Å²) in [6.45, 7) is 6.56. The number of aryl methyl sites for hydroxylation is 1. The minimum Gasteiger partial charge on any atom is -0.352 e. The van der Waals surface area contributed by atoms with Crippen LogP contribution in [0.4, 0.5) is 0 Å². The Morgan fingerprint density at radius 1 is 1.40 bits per heavy atom. The highest BCUT2D eigenvalue weighted by Crippen LogP contribution is 2.04. The topological polar surface area (TPSA) is 62.7 Å². The summed E-state index contributed by atoms with van der Waals surface area (Å²) in [7, 11) is 0. The molecule has 0 saturated carbocycles. The highest BCUT2D eigenvalue weighted by molar-refractivity contribution is 7.71. The Morgan fingerprint density at radius 3 is 2.80 bits per heavy atom. The number of amides is 1. The van der Waals surface area contributed by atoms with Crippen LogP contribution in [-0.2, 0) is 17.8 Å². The number of nitrogens with one attached hydrogen (secondary N) is 2. The van der Waals surface area contributed by atoms with Gasteiger partial charge in [0.1, 0.15) is 12.4 Å². The lowest BCUT2D eigenvalue weighted by Gasteiger charge is -2.14. The molecule has 0 aliphatic carbocycles. The Morgan fingerprint density at radius 2 is 2.15 bits per heavy atom. The molecule has 0 aliphatic rings. The van der Waals surface area contributed by atoms with Crippen molar-refractivity contribution in [3.8, 4) is 0 Å². The van der Waals surface area contributed by atoms with Gasteiger partial charge in [-0.3, -0.25) is 14.5 Å². The Hall–Kier alpha value is -1.17. The Bertz CT molecular complexity index is 466. The molecule has 1 atom stereocenters. The zero-order chi connectivity index (χ0) is 15.0. The molecule has 2 N–H and O–H groups in total. The molecule has 0 fully saturated rings. The molecule has 1 aromatic rings. The second-order valence-corrected chi connectivity index (χ2v) is 5.63. The summed E-state index contributed by atoms with van der Waals surface area (Å²) in [5.74, 6) is 0.857. The standard InChI is InChI=1S/C14H26N4OS/c1-4-6-7-9-11(3)15-13(19)10-18-12(8-5-2)16-17-14(18)20/h11H,4-10H2,1-3H3,(H,15,19)(H,17,20). The van der Waals surface area contributed by atoms with Crippen LogP contribution in [0.15, 0.2) is 0 Å². The SMILES string of the molecule is CCCCCC(C)NC(=O)Cn1c(CCC)n[nH]c1=S. The van der Waals surface area contributed by atoms with Crippen LogP contribution in [-0.4, -0.2) is 26.7 Å². The number of rotatable bonds is 9. The molecule has 0 spiro atoms. The third-order valence-electron chi connectivity index (χ3n) is 3.26. The molecular weight excluding hydrogens is 272 g/mol. The van der Waals surface area contributed by atoms with Gasteiger partial charge in [-0.05, 0) is 32.0 Å². The number of hydrogen-bond acceptors (Lipinski definition) is 3. The first-order chi connectivity index (χ1) is 9.58. The average molecular weight is 298 g/mol. The molecule has 0 aliphatic heterocycles. The Balaban J connectivity index is 2.49. The third kappa shape index (κ3) is 5.45. The van der Waals surface area contributed by atoms with Gasteiger partial charge in [0.2, 0.25) is 5.91 Å². The predicted molar refractivity (Wildman–Crippen MR) is 83.2 cm³/mol. The summed E-state index contributed by atoms with van der Waals surface area (Å²) in [5, 5.41) is 9.95. The van der Waals surface area contributed by atoms with Gasteiger partial charge in [-0.25, -0.2) is 0 Å². The van der Waals surface area contributed by atoms with Crippen LogP contribution in [0.5, 0.6) is 0 Å². The Kier molecular flexibility index (Phi) is 7.51. The van der Waals surface area contributed by atoms with Gasteiger partial charge < -0.3 is 5.32 Å². The van der Waals surface area contributed by atoms with Crippen LogP contribution < -0.4 is 5.32 Å². The molecule has 0 radical (unpaired) electrons. The van der Waals surface area contributed by atoms with Crippen LogP contribution in [0, 0.1) is 4.77 Å². The molecule has 1 amide bonds. The molecule has 1 rings (SSSR count). The maximum Gasteiger partial charge on any atom is 0.240 e. The molecule has 1 aromatic heterocycles. The second kappa shape index (κ2) is 8.89. The molecule has 0 aromatic carbocycles. The molecule has 114 valence electrons. The van der Waals surface area contributed by atoms with Gasteiger partial charge in [-0.1, -0.05) is 33.1 Å². The van der Waals surface area contributed by atoms with Gasteiger partial charge in [-0.15, -0.1) is 0 Å². The predicted octanol–water partition coefficient (Wildman–Crippen LogP) is 2.98. The van der Waals surface area contributed by atoms with Crippen LogP contribution in [0.1, 0.15) is 58.7 Å². The number of aromatic nitrogens is 3. The van der Waals surface area contributed by atoms with Crippen molar-refractivity contribution >= 4 is 18.1 Å². The van der Waals surface area contributed by atoms with Crippen molar-refractivity contribution in [3.05, 3.63) is 10.6 Å². The van der Waals surface area contributed by atoms with E-state index in [1.54, 1.807) is 4.57 Å². The quantitative estimate of drug-likeness (QED) is 0.544. The highest BCUT2D eigenvalue weighted by atomic mass is 32.1. The fourth-order valence-corrected chi connectivity index (χ4v) is 2.38. The highest BCUT2D eigenvalue weighted by Gasteiger charge is 2.11. The minimum atomic E-state index is 0.00357. The monoisotopic (exact) mass is 298 g/mol. The van der Waals surface area contributed by atoms with Crippen LogP contribution in [0.3, 0.4) is 0 Å². The summed E-state index contributed by atoms with van der Waals surface area (Å²) in [6.07, 6.45) is 6.41. The summed E-state index contributed by atoms with van der Waals surface area (Å²) in [4.78, 5) is 12.0. The largest absolute Gasteiger partial charge is 0.352 e. The zero-order valence-electron chi connectivity index (χ0n) is 12.7. The van der Waals surface area contributed by atoms with Gasteiger partial charge in [0.05, 0.1) is 0 Å². The van der Waals surface area contributed by atoms with Crippen LogP contribution in [0.25, 0.3) is 0 Å². The van der Waals surface area contributed by atoms with Gasteiger partial charge in [0.15, 0.2) is 4.77 Å². The van der Waals surface area contributed by atoms with Gasteiger partial charge in [0.25, 0.3) is 0 Å². The fraction of sp³-hybridized carbons (Fsp3) is 0.786. The molecule has 20 heavy (non-hydrogen) atoms. The van der Waals surface area contributed by atoms with Crippen molar-refractivity contribution in [2.45, 2.75) is 71.9 Å². The number of aromatic amines is 1. The number of carbonyl (C=O) groups is 1. The number of unbranched alkanes of at least 4 members (excludes halogenated alkanes) is 2. The first-order valence-corrected chi connectivity index (χ1v) is 7.92. The maximum absolute atomic E-state index is 12.0. The number of nitrogens with zero attached hydrogens (tertiary/aromatic N) is 2. The Labute approximate surface area is 126 Å². The molecular formula is C14H26N4OS. The normalized spacial score (nSPS) is 12.3. The van der Waals surface area contributed by atoms with E-state index in [0.717, 1.165) is 31.5 Å². The lowest BCUT2D eigenvalue weighted by atomic mass is 10.1. The first-order valence-electron chi connectivity index (χ1n) is 7.51. The van der Waals surface area contributed by atoms with E-state index in [2.05, 4.69) is 36.3 Å². The van der Waals surface area contributed by atoms with E-state index in [0.29, 0.717) is 4.77 Å². The number of H-pyrrole nitrogens is 1. The van der Waals surface area contributed by atoms with Crippen molar-refractivity contribution in [2.75, 3.05) is 0 Å². The number of carbonyl (C=O) groups excluding carboxylic acids is 1. The first kappa shape index (κ1) is 16.9. The van der Waals surface area contributed by atoms with E-state index < -0.39 is 0 Å². The van der Waals surface area contributed by atoms with E-state index in [9.17, 15) is 4.79 Å².